The normalized spacial score (nSPS) is 12.2. The van der Waals surface area contributed by atoms with Gasteiger partial charge in [-0.1, -0.05) is 0 Å². The highest BCUT2D eigenvalue weighted by molar-refractivity contribution is 5.88. The molecule has 0 fully saturated rings. The smallest absolute Gasteiger partial charge is 0.335 e. The van der Waals surface area contributed by atoms with Crippen LogP contribution in [0.4, 0.5) is 5.82 Å². The van der Waals surface area contributed by atoms with E-state index in [4.69, 9.17) is 10.2 Å². The Hall–Kier alpha value is -1.62. The van der Waals surface area contributed by atoms with Crippen LogP contribution in [0.15, 0.2) is 12.1 Å². The molecule has 1 atom stereocenters. The first-order valence-corrected chi connectivity index (χ1v) is 5.12. The number of nitrogens with zero attached hydrogens (tertiary/aromatic N) is 1. The number of rotatable bonds is 5. The van der Waals surface area contributed by atoms with Crippen molar-refractivity contribution < 1.29 is 15.0 Å². The first-order chi connectivity index (χ1) is 7.52. The van der Waals surface area contributed by atoms with Crippen LogP contribution < -0.4 is 5.32 Å². The van der Waals surface area contributed by atoms with E-state index in [-0.39, 0.29) is 18.2 Å². The first-order valence-electron chi connectivity index (χ1n) is 5.12. The second-order valence-corrected chi connectivity index (χ2v) is 3.75. The molecule has 1 heterocycles. The van der Waals surface area contributed by atoms with Crippen LogP contribution in [0, 0.1) is 6.92 Å². The van der Waals surface area contributed by atoms with Crippen molar-refractivity contribution in [1.29, 1.82) is 0 Å². The molecule has 0 aromatic carbocycles. The van der Waals surface area contributed by atoms with E-state index in [0.717, 1.165) is 0 Å². The lowest BCUT2D eigenvalue weighted by atomic mass is 10.2. The summed E-state index contributed by atoms with van der Waals surface area (Å²) in [7, 11) is 0. The number of aliphatic hydroxyl groups excluding tert-OH is 1. The average molecular weight is 224 g/mol. The summed E-state index contributed by atoms with van der Waals surface area (Å²) < 4.78 is 0. The Morgan fingerprint density at radius 2 is 2.25 bits per heavy atom. The second kappa shape index (κ2) is 5.46. The van der Waals surface area contributed by atoms with Gasteiger partial charge >= 0.3 is 5.97 Å². The van der Waals surface area contributed by atoms with E-state index < -0.39 is 5.97 Å². The number of hydrogen-bond donors (Lipinski definition) is 3. The molecule has 1 aromatic rings. The molecule has 0 radical (unpaired) electrons. The number of carbonyl (C=O) groups is 1. The van der Waals surface area contributed by atoms with Crippen LogP contribution >= 0.6 is 0 Å². The third-order valence-corrected chi connectivity index (χ3v) is 2.16. The average Bonchev–Trinajstić information content (AvgIpc) is 2.16. The van der Waals surface area contributed by atoms with Crippen molar-refractivity contribution >= 4 is 11.8 Å². The minimum atomic E-state index is -0.969. The number of carboxylic acids is 1. The number of anilines is 1. The lowest BCUT2D eigenvalue weighted by molar-refractivity contribution is 0.0696. The summed E-state index contributed by atoms with van der Waals surface area (Å²) in [4.78, 5) is 15.0. The van der Waals surface area contributed by atoms with Gasteiger partial charge in [-0.05, 0) is 32.4 Å². The zero-order chi connectivity index (χ0) is 12.1. The van der Waals surface area contributed by atoms with Gasteiger partial charge in [-0.25, -0.2) is 9.78 Å². The Bertz CT molecular complexity index is 379. The Kier molecular flexibility index (Phi) is 4.25. The lowest BCUT2D eigenvalue weighted by Crippen LogP contribution is -2.18. The summed E-state index contributed by atoms with van der Waals surface area (Å²) in [6.45, 7) is 3.74. The Labute approximate surface area is 94.1 Å². The quantitative estimate of drug-likeness (QED) is 0.701. The summed E-state index contributed by atoms with van der Waals surface area (Å²) in [5.74, 6) is -0.443. The predicted octanol–water partition coefficient (Wildman–Crippen LogP) is 1.27. The molecular weight excluding hydrogens is 208 g/mol. The topological polar surface area (TPSA) is 82.5 Å². The summed E-state index contributed by atoms with van der Waals surface area (Å²) in [6, 6.07) is 3.06. The summed E-state index contributed by atoms with van der Waals surface area (Å²) >= 11 is 0. The number of nitrogens with one attached hydrogen (secondary N) is 1. The monoisotopic (exact) mass is 224 g/mol. The van der Waals surface area contributed by atoms with Gasteiger partial charge in [0.1, 0.15) is 5.82 Å². The van der Waals surface area contributed by atoms with Crippen molar-refractivity contribution in [1.82, 2.24) is 4.98 Å². The largest absolute Gasteiger partial charge is 0.478 e. The van der Waals surface area contributed by atoms with E-state index in [0.29, 0.717) is 17.9 Å². The van der Waals surface area contributed by atoms with Crippen molar-refractivity contribution in [2.75, 3.05) is 11.9 Å². The van der Waals surface area contributed by atoms with Crippen LogP contribution in [0.1, 0.15) is 29.4 Å². The molecule has 5 heteroatoms. The number of aromatic nitrogens is 1. The van der Waals surface area contributed by atoms with Crippen molar-refractivity contribution in [2.24, 2.45) is 0 Å². The van der Waals surface area contributed by atoms with Gasteiger partial charge in [-0.2, -0.15) is 0 Å². The maximum absolute atomic E-state index is 10.8. The Morgan fingerprint density at radius 1 is 1.56 bits per heavy atom. The van der Waals surface area contributed by atoms with Gasteiger partial charge in [0, 0.05) is 18.3 Å². The van der Waals surface area contributed by atoms with E-state index in [9.17, 15) is 4.79 Å². The SMILES string of the molecule is Cc1cc(C(=O)O)cc(NC(C)CCO)n1. The zero-order valence-corrected chi connectivity index (χ0v) is 9.40. The molecule has 0 aliphatic rings. The molecule has 1 aromatic heterocycles. The molecule has 0 aliphatic carbocycles. The summed E-state index contributed by atoms with van der Waals surface area (Å²) in [5, 5.41) is 20.7. The zero-order valence-electron chi connectivity index (χ0n) is 9.40. The van der Waals surface area contributed by atoms with E-state index in [1.165, 1.54) is 12.1 Å². The van der Waals surface area contributed by atoms with Crippen LogP contribution in [0.25, 0.3) is 0 Å². The van der Waals surface area contributed by atoms with Crippen LogP contribution in [0.2, 0.25) is 0 Å². The van der Waals surface area contributed by atoms with Gasteiger partial charge in [0.25, 0.3) is 0 Å². The van der Waals surface area contributed by atoms with Gasteiger partial charge in [-0.15, -0.1) is 0 Å². The maximum Gasteiger partial charge on any atom is 0.335 e. The van der Waals surface area contributed by atoms with Crippen molar-refractivity contribution in [2.45, 2.75) is 26.3 Å². The molecular formula is C11H16N2O3. The highest BCUT2D eigenvalue weighted by atomic mass is 16.4. The lowest BCUT2D eigenvalue weighted by Gasteiger charge is -2.13. The molecule has 0 saturated carbocycles. The third kappa shape index (κ3) is 3.51. The number of aryl methyl sites for hydroxylation is 1. The van der Waals surface area contributed by atoms with E-state index in [1.54, 1.807) is 6.92 Å². The van der Waals surface area contributed by atoms with Crippen LogP contribution in [-0.2, 0) is 0 Å². The van der Waals surface area contributed by atoms with Gasteiger partial charge < -0.3 is 15.5 Å². The van der Waals surface area contributed by atoms with Crippen LogP contribution in [0.3, 0.4) is 0 Å². The fourth-order valence-electron chi connectivity index (χ4n) is 1.38. The predicted molar refractivity (Wildman–Crippen MR) is 60.7 cm³/mol. The van der Waals surface area contributed by atoms with Gasteiger partial charge in [-0.3, -0.25) is 0 Å². The molecule has 3 N–H and O–H groups in total. The molecule has 16 heavy (non-hydrogen) atoms. The summed E-state index contributed by atoms with van der Waals surface area (Å²) in [6.07, 6.45) is 0.595. The number of aromatic carboxylic acids is 1. The number of hydrogen-bond acceptors (Lipinski definition) is 4. The van der Waals surface area contributed by atoms with E-state index >= 15 is 0 Å². The molecule has 0 bridgehead atoms. The molecule has 0 saturated heterocycles. The fourth-order valence-corrected chi connectivity index (χ4v) is 1.38. The fraction of sp³-hybridized carbons (Fsp3) is 0.455. The molecule has 5 nitrogen and oxygen atoms in total. The molecule has 0 spiro atoms. The van der Waals surface area contributed by atoms with Gasteiger partial charge in [0.2, 0.25) is 0 Å². The number of pyridine rings is 1. The molecule has 1 rings (SSSR count). The number of carboxylic acid groups (broad SMARTS) is 1. The molecule has 1 unspecified atom stereocenters. The number of aliphatic hydroxyl groups is 1. The first kappa shape index (κ1) is 12.4. The Morgan fingerprint density at radius 3 is 2.81 bits per heavy atom. The second-order valence-electron chi connectivity index (χ2n) is 3.75. The summed E-state index contributed by atoms with van der Waals surface area (Å²) in [5.41, 5.74) is 0.866. The molecule has 0 aliphatic heterocycles. The minimum Gasteiger partial charge on any atom is -0.478 e. The minimum absolute atomic E-state index is 0.0564. The van der Waals surface area contributed by atoms with Crippen LogP contribution in [-0.4, -0.2) is 33.8 Å². The molecule has 0 amide bonds. The van der Waals surface area contributed by atoms with Crippen LogP contribution in [0.5, 0.6) is 0 Å². The molecule has 88 valence electrons. The highest BCUT2D eigenvalue weighted by Crippen LogP contribution is 2.12. The van der Waals surface area contributed by atoms with Gasteiger partial charge in [0.05, 0.1) is 5.56 Å². The maximum atomic E-state index is 10.8. The van der Waals surface area contributed by atoms with E-state index in [1.807, 2.05) is 6.92 Å². The highest BCUT2D eigenvalue weighted by Gasteiger charge is 2.08. The van der Waals surface area contributed by atoms with Crippen molar-refractivity contribution in [3.63, 3.8) is 0 Å². The third-order valence-electron chi connectivity index (χ3n) is 2.16. The van der Waals surface area contributed by atoms with Crippen molar-refractivity contribution in [3.05, 3.63) is 23.4 Å². The van der Waals surface area contributed by atoms with Gasteiger partial charge in [0.15, 0.2) is 0 Å². The standard InChI is InChI=1S/C11H16N2O3/c1-7(3-4-14)12-10-6-9(11(15)16)5-8(2)13-10/h5-7,14H,3-4H2,1-2H3,(H,12,13)(H,15,16). The Balaban J connectivity index is 2.84. The van der Waals surface area contributed by atoms with Crippen molar-refractivity contribution in [3.8, 4) is 0 Å². The van der Waals surface area contributed by atoms with E-state index in [2.05, 4.69) is 10.3 Å².